The van der Waals surface area contributed by atoms with Gasteiger partial charge in [0.15, 0.2) is 0 Å². The molecule has 0 N–H and O–H groups in total. The third-order valence-electron chi connectivity index (χ3n) is 0.934. The fraction of sp³-hybridized carbons (Fsp3) is 0.444. The smallest absolute Gasteiger partial charge is 0.0293 e. The van der Waals surface area contributed by atoms with Gasteiger partial charge in [0, 0.05) is 12.4 Å². The maximum absolute atomic E-state index is 3.83. The molecule has 0 fully saturated rings. The number of nitrogens with zero attached hydrogens (tertiary/aromatic N) is 1. The molecule has 0 radical (unpaired) electrons. The molecule has 0 aliphatic heterocycles. The van der Waals surface area contributed by atoms with Crippen LogP contribution in [0.2, 0.25) is 0 Å². The van der Waals surface area contributed by atoms with E-state index in [4.69, 9.17) is 0 Å². The van der Waals surface area contributed by atoms with Gasteiger partial charge in [-0.1, -0.05) is 33.9 Å². The van der Waals surface area contributed by atoms with Crippen LogP contribution in [0.1, 0.15) is 27.2 Å². The van der Waals surface area contributed by atoms with Crippen molar-refractivity contribution < 1.29 is 0 Å². The summed E-state index contributed by atoms with van der Waals surface area (Å²) in [7, 11) is 0. The zero-order valence-corrected chi connectivity index (χ0v) is 5.93. The predicted molar refractivity (Wildman–Crippen MR) is 49.5 cm³/mol. The van der Waals surface area contributed by atoms with Gasteiger partial charge in [-0.2, -0.15) is 0 Å². The largest absolute Gasteiger partial charge is 0.265 e. The Hall–Kier alpha value is -0.850. The molecule has 0 heterocycles. The molecule has 0 aromatic rings. The Bertz CT molecular complexity index is 123. The van der Waals surface area contributed by atoms with Crippen molar-refractivity contribution in [3.05, 3.63) is 24.9 Å². The zero-order valence-electron chi connectivity index (χ0n) is 5.93. The highest BCUT2D eigenvalue weighted by Crippen LogP contribution is 1.97. The van der Waals surface area contributed by atoms with E-state index >= 15 is 0 Å². The molecule has 1 heteroatoms. The van der Waals surface area contributed by atoms with E-state index in [2.05, 4.69) is 25.1 Å². The number of hydrogen-bond acceptors (Lipinski definition) is 1. The summed E-state index contributed by atoms with van der Waals surface area (Å²) in [6.45, 7) is 9.36. The molecule has 10 heavy (non-hydrogen) atoms. The summed E-state index contributed by atoms with van der Waals surface area (Å²) in [5.74, 6) is 0. The summed E-state index contributed by atoms with van der Waals surface area (Å²) < 4.78 is 0. The van der Waals surface area contributed by atoms with Gasteiger partial charge in [-0.25, -0.2) is 0 Å². The first-order valence-electron chi connectivity index (χ1n) is 3.13. The Morgan fingerprint density at radius 2 is 2.20 bits per heavy atom. The monoisotopic (exact) mass is 139 g/mol. The highest BCUT2D eigenvalue weighted by molar-refractivity contribution is 5.77. The molecule has 0 aliphatic rings. The molecular weight excluding hydrogens is 122 g/mol. The highest BCUT2D eigenvalue weighted by atomic mass is 14.7. The minimum absolute atomic E-state index is 0. The SMILES string of the molecule is C.C=CN=CC(=C)CCC. The van der Waals surface area contributed by atoms with Crippen LogP contribution >= 0.6 is 0 Å². The topological polar surface area (TPSA) is 12.4 Å². The molecule has 0 bridgehead atoms. The van der Waals surface area contributed by atoms with Crippen LogP contribution in [0.5, 0.6) is 0 Å². The van der Waals surface area contributed by atoms with Gasteiger partial charge in [0.2, 0.25) is 0 Å². The zero-order chi connectivity index (χ0) is 7.11. The average Bonchev–Trinajstić information content (AvgIpc) is 1.85. The van der Waals surface area contributed by atoms with Crippen LogP contribution in [-0.4, -0.2) is 6.21 Å². The second-order valence-electron chi connectivity index (χ2n) is 1.87. The summed E-state index contributed by atoms with van der Waals surface area (Å²) in [5.41, 5.74) is 1.07. The van der Waals surface area contributed by atoms with Crippen molar-refractivity contribution in [2.45, 2.75) is 27.2 Å². The van der Waals surface area contributed by atoms with E-state index in [1.165, 1.54) is 6.20 Å². The summed E-state index contributed by atoms with van der Waals surface area (Å²) in [4.78, 5) is 3.83. The van der Waals surface area contributed by atoms with Crippen molar-refractivity contribution in [2.75, 3.05) is 0 Å². The molecule has 0 rings (SSSR count). The second-order valence-corrected chi connectivity index (χ2v) is 1.87. The van der Waals surface area contributed by atoms with E-state index in [9.17, 15) is 0 Å². The van der Waals surface area contributed by atoms with Crippen LogP contribution in [0.4, 0.5) is 0 Å². The lowest BCUT2D eigenvalue weighted by atomic mass is 10.2. The lowest BCUT2D eigenvalue weighted by Crippen LogP contribution is -1.79. The Labute approximate surface area is 64.2 Å². The predicted octanol–water partition coefficient (Wildman–Crippen LogP) is 3.19. The van der Waals surface area contributed by atoms with Gasteiger partial charge in [-0.15, -0.1) is 0 Å². The van der Waals surface area contributed by atoms with Gasteiger partial charge in [-0.3, -0.25) is 4.99 Å². The standard InChI is InChI=1S/C8H13N.CH4/c1-4-6-8(3)7-9-5-2;/h5,7H,2-4,6H2,1H3;1H4. The fourth-order valence-electron chi connectivity index (χ4n) is 0.544. The van der Waals surface area contributed by atoms with E-state index < -0.39 is 0 Å². The number of aliphatic imine (C=N–C) groups is 1. The Morgan fingerprint density at radius 1 is 1.60 bits per heavy atom. The van der Waals surface area contributed by atoms with Crippen LogP contribution < -0.4 is 0 Å². The maximum atomic E-state index is 3.83. The van der Waals surface area contributed by atoms with Crippen molar-refractivity contribution >= 4 is 6.21 Å². The van der Waals surface area contributed by atoms with Gasteiger partial charge in [0.25, 0.3) is 0 Å². The summed E-state index contributed by atoms with van der Waals surface area (Å²) in [6, 6.07) is 0. The van der Waals surface area contributed by atoms with E-state index in [1.807, 2.05) is 0 Å². The molecule has 1 nitrogen and oxygen atoms in total. The van der Waals surface area contributed by atoms with Gasteiger partial charge in [-0.05, 0) is 12.0 Å². The quantitative estimate of drug-likeness (QED) is 0.530. The van der Waals surface area contributed by atoms with E-state index in [0.29, 0.717) is 0 Å². The molecule has 0 amide bonds. The van der Waals surface area contributed by atoms with Crippen molar-refractivity contribution in [3.63, 3.8) is 0 Å². The maximum Gasteiger partial charge on any atom is 0.0293 e. The molecular formula is C9H17N. The molecule has 0 aliphatic carbocycles. The van der Waals surface area contributed by atoms with Crippen LogP contribution in [-0.2, 0) is 0 Å². The molecule has 0 saturated heterocycles. The molecule has 0 spiro atoms. The van der Waals surface area contributed by atoms with Crippen LogP contribution in [0.3, 0.4) is 0 Å². The van der Waals surface area contributed by atoms with Crippen LogP contribution in [0.15, 0.2) is 29.9 Å². The van der Waals surface area contributed by atoms with Crippen molar-refractivity contribution in [1.82, 2.24) is 0 Å². The Balaban J connectivity index is 0. The van der Waals surface area contributed by atoms with Crippen molar-refractivity contribution in [1.29, 1.82) is 0 Å². The Kier molecular flexibility index (Phi) is 9.69. The normalized spacial score (nSPS) is 8.90. The number of allylic oxidation sites excluding steroid dienone is 1. The fourth-order valence-corrected chi connectivity index (χ4v) is 0.544. The van der Waals surface area contributed by atoms with Gasteiger partial charge in [0.1, 0.15) is 0 Å². The van der Waals surface area contributed by atoms with E-state index in [1.54, 1.807) is 6.21 Å². The number of hydrogen-bond donors (Lipinski definition) is 0. The third-order valence-corrected chi connectivity index (χ3v) is 0.934. The van der Waals surface area contributed by atoms with Gasteiger partial charge in [0.05, 0.1) is 0 Å². The average molecular weight is 139 g/mol. The van der Waals surface area contributed by atoms with Crippen molar-refractivity contribution in [2.24, 2.45) is 4.99 Å². The Morgan fingerprint density at radius 3 is 2.60 bits per heavy atom. The van der Waals surface area contributed by atoms with Crippen LogP contribution in [0, 0.1) is 0 Å². The molecule has 0 saturated carbocycles. The van der Waals surface area contributed by atoms with Crippen molar-refractivity contribution in [3.8, 4) is 0 Å². The summed E-state index contributed by atoms with van der Waals surface area (Å²) in [6.07, 6.45) is 5.41. The van der Waals surface area contributed by atoms with E-state index in [0.717, 1.165) is 18.4 Å². The third kappa shape index (κ3) is 7.15. The lowest BCUT2D eigenvalue weighted by Gasteiger charge is -1.90. The highest BCUT2D eigenvalue weighted by Gasteiger charge is 1.83. The second kappa shape index (κ2) is 8.15. The van der Waals surface area contributed by atoms with Gasteiger partial charge < -0.3 is 0 Å². The van der Waals surface area contributed by atoms with E-state index in [-0.39, 0.29) is 7.43 Å². The molecule has 58 valence electrons. The summed E-state index contributed by atoms with van der Waals surface area (Å²) in [5, 5.41) is 0. The van der Waals surface area contributed by atoms with Gasteiger partial charge >= 0.3 is 0 Å². The molecule has 0 aromatic heterocycles. The number of rotatable bonds is 4. The lowest BCUT2D eigenvalue weighted by molar-refractivity contribution is 0.942. The first-order chi connectivity index (χ1) is 4.31. The molecule has 0 unspecified atom stereocenters. The molecule has 0 atom stereocenters. The minimum atomic E-state index is 0. The summed E-state index contributed by atoms with van der Waals surface area (Å²) >= 11 is 0. The molecule has 0 aromatic carbocycles. The van der Waals surface area contributed by atoms with Crippen LogP contribution in [0.25, 0.3) is 0 Å². The first kappa shape index (κ1) is 11.9. The first-order valence-corrected chi connectivity index (χ1v) is 3.13. The minimum Gasteiger partial charge on any atom is -0.265 e.